The Balaban J connectivity index is 0.00000107. The Morgan fingerprint density at radius 3 is 1.05 bits per heavy atom. The molecule has 0 saturated heterocycles. The average Bonchev–Trinajstić information content (AvgIpc) is 3.46. The molecule has 0 fully saturated rings. The van der Waals surface area contributed by atoms with Crippen molar-refractivity contribution < 1.29 is 22.7 Å². The van der Waals surface area contributed by atoms with Crippen LogP contribution in [0.4, 0.5) is 0 Å². The van der Waals surface area contributed by atoms with Crippen molar-refractivity contribution in [3.63, 3.8) is 0 Å². The van der Waals surface area contributed by atoms with E-state index in [1.165, 1.54) is 170 Å². The van der Waals surface area contributed by atoms with Gasteiger partial charge in [-0.05, 0) is 154 Å². The monoisotopic (exact) mass is 859 g/mol. The van der Waals surface area contributed by atoms with E-state index in [0.717, 1.165) is 74.3 Å². The van der Waals surface area contributed by atoms with E-state index in [9.17, 15) is 5.53 Å². The van der Waals surface area contributed by atoms with Crippen molar-refractivity contribution in [2.75, 3.05) is 0 Å². The van der Waals surface area contributed by atoms with Crippen LogP contribution in [0, 0.1) is 0 Å². The van der Waals surface area contributed by atoms with Crippen LogP contribution in [0.25, 0.3) is 16.9 Å². The Bertz CT molecular complexity index is 1410. The molecule has 3 heteroatoms. The summed E-state index contributed by atoms with van der Waals surface area (Å²) in [6, 6.07) is 9.88. The van der Waals surface area contributed by atoms with Gasteiger partial charge in [0.1, 0.15) is 0 Å². The number of hydrogen-bond acceptors (Lipinski definition) is 0. The van der Waals surface area contributed by atoms with Crippen molar-refractivity contribution >= 4 is 11.4 Å². The Morgan fingerprint density at radius 2 is 0.714 bits per heavy atom. The summed E-state index contributed by atoms with van der Waals surface area (Å²) < 4.78 is 1.63. The molecule has 0 aromatic heterocycles. The predicted molar refractivity (Wildman–Crippen MR) is 247 cm³/mol. The topological polar surface area (TPSA) is 25.3 Å². The summed E-state index contributed by atoms with van der Waals surface area (Å²) in [5.41, 5.74) is 28.8. The second kappa shape index (κ2) is 30.3. The van der Waals surface area contributed by atoms with Gasteiger partial charge < -0.3 is 5.53 Å². The fourth-order valence-electron chi connectivity index (χ4n) is 8.05. The van der Waals surface area contributed by atoms with Crippen LogP contribution in [0.2, 0.25) is 9.79 Å². The van der Waals surface area contributed by atoms with Crippen molar-refractivity contribution in [2.24, 2.45) is 0 Å². The molecule has 0 spiro atoms. The molecule has 0 saturated carbocycles. The molecule has 0 unspecified atom stereocenters. The van der Waals surface area contributed by atoms with E-state index in [4.69, 9.17) is 0 Å². The van der Waals surface area contributed by atoms with E-state index in [1.54, 1.807) is 15.8 Å². The average molecular weight is 860 g/mol. The normalized spacial score (nSPS) is 13.0. The van der Waals surface area contributed by atoms with Crippen molar-refractivity contribution in [1.29, 1.82) is 0 Å². The molecule has 0 radical (unpaired) electrons. The first-order chi connectivity index (χ1) is 27.3. The number of allylic oxidation sites excluding steroid dienone is 2. The summed E-state index contributed by atoms with van der Waals surface area (Å²) >= 11 is 1.07. The van der Waals surface area contributed by atoms with Crippen LogP contribution in [0.5, 0.6) is 0 Å². The number of benzene rings is 2. The quantitative estimate of drug-likeness (QED) is 0.0442. The molecule has 1 aliphatic rings. The third-order valence-electron chi connectivity index (χ3n) is 11.6. The molecular weight excluding hydrogens is 771 g/mol. The van der Waals surface area contributed by atoms with Gasteiger partial charge in [0.2, 0.25) is 11.4 Å². The van der Waals surface area contributed by atoms with Crippen LogP contribution >= 0.6 is 0 Å². The van der Waals surface area contributed by atoms with Crippen molar-refractivity contribution in [3.05, 3.63) is 85.5 Å². The Morgan fingerprint density at radius 1 is 0.411 bits per heavy atom. The Kier molecular flexibility index (Phi) is 27.2. The van der Waals surface area contributed by atoms with Crippen molar-refractivity contribution in [2.45, 2.75) is 240 Å². The van der Waals surface area contributed by atoms with Gasteiger partial charge in [-0.15, -0.1) is 0 Å². The van der Waals surface area contributed by atoms with Gasteiger partial charge in [-0.1, -0.05) is 93.4 Å². The fourth-order valence-corrected chi connectivity index (χ4v) is 10.3. The molecule has 320 valence electrons. The molecule has 0 amide bonds. The summed E-state index contributed by atoms with van der Waals surface area (Å²) in [5.74, 6) is 0. The van der Waals surface area contributed by atoms with Crippen LogP contribution in [-0.2, 0) is 56.5 Å². The zero-order valence-corrected chi connectivity index (χ0v) is 40.2. The Labute approximate surface area is 357 Å². The summed E-state index contributed by atoms with van der Waals surface area (Å²) in [5, 5.41) is 0. The van der Waals surface area contributed by atoms with Gasteiger partial charge in [0.25, 0.3) is 0 Å². The SMILES string of the molecule is CCCCC1=C(c2cc(CCCC)c(CCCC)c(CCCC)c2)[N+](=[N-])C(c2cc(CCCC)c(CCCC)c(CCCC)c2)=C1C.CCC[CH2][Pd][CH2]CCC. The summed E-state index contributed by atoms with van der Waals surface area (Å²) in [6.07, 6.45) is 30.5. The predicted octanol–water partition coefficient (Wildman–Crippen LogP) is 17.6. The molecule has 1 heterocycles. The van der Waals surface area contributed by atoms with Crippen LogP contribution in [0.15, 0.2) is 35.4 Å². The second-order valence-electron chi connectivity index (χ2n) is 16.6. The number of aryl methyl sites for hydroxylation is 4. The third-order valence-corrected chi connectivity index (χ3v) is 13.8. The van der Waals surface area contributed by atoms with Gasteiger partial charge >= 0.3 is 67.3 Å². The number of rotatable bonds is 29. The van der Waals surface area contributed by atoms with Crippen molar-refractivity contribution in [1.82, 2.24) is 0 Å². The van der Waals surface area contributed by atoms with Gasteiger partial charge in [-0.2, -0.15) is 0 Å². The van der Waals surface area contributed by atoms with Gasteiger partial charge in [0.05, 0.1) is 0 Å². The van der Waals surface area contributed by atoms with E-state index in [0.29, 0.717) is 0 Å². The maximum atomic E-state index is 12.4. The number of unbranched alkanes of at least 4 members (excludes halogenated alkanes) is 9. The van der Waals surface area contributed by atoms with Gasteiger partial charge in [-0.3, -0.25) is 0 Å². The van der Waals surface area contributed by atoms with Crippen LogP contribution in [0.3, 0.4) is 0 Å². The molecule has 3 rings (SSSR count). The van der Waals surface area contributed by atoms with E-state index < -0.39 is 0 Å². The van der Waals surface area contributed by atoms with Crippen molar-refractivity contribution in [3.8, 4) is 0 Å². The summed E-state index contributed by atoms with van der Waals surface area (Å²) in [7, 11) is 0. The molecular formula is C53H88N2Pd. The molecule has 2 nitrogen and oxygen atoms in total. The van der Waals surface area contributed by atoms with E-state index in [2.05, 4.69) is 93.5 Å². The Hall–Kier alpha value is -1.82. The molecule has 0 aliphatic carbocycles. The molecule has 0 atom stereocenters. The fraction of sp³-hybridized carbons (Fsp3) is 0.698. The number of hydrogen-bond donors (Lipinski definition) is 0. The molecule has 0 bridgehead atoms. The third kappa shape index (κ3) is 16.1. The van der Waals surface area contributed by atoms with Crippen LogP contribution in [0.1, 0.15) is 236 Å². The van der Waals surface area contributed by atoms with Gasteiger partial charge in [0.15, 0.2) is 0 Å². The second-order valence-corrected chi connectivity index (χ2v) is 18.9. The first kappa shape index (κ1) is 50.3. The summed E-state index contributed by atoms with van der Waals surface area (Å²) in [4.78, 5) is 3.01. The molecule has 0 N–H and O–H groups in total. The zero-order valence-electron chi connectivity index (χ0n) is 38.6. The minimum absolute atomic E-state index is 1.00. The van der Waals surface area contributed by atoms with E-state index in [1.807, 2.05) is 0 Å². The van der Waals surface area contributed by atoms with Gasteiger partial charge in [-0.25, -0.2) is 4.70 Å². The molecule has 2 aromatic rings. The van der Waals surface area contributed by atoms with Crippen LogP contribution in [-0.4, -0.2) is 4.70 Å². The molecule has 56 heavy (non-hydrogen) atoms. The minimum atomic E-state index is 1.00. The van der Waals surface area contributed by atoms with Gasteiger partial charge in [0, 0.05) is 22.3 Å². The summed E-state index contributed by atoms with van der Waals surface area (Å²) in [6.45, 7) is 23.0. The molecule has 2 aromatic carbocycles. The van der Waals surface area contributed by atoms with E-state index >= 15 is 0 Å². The number of nitrogens with zero attached hydrogens (tertiary/aromatic N) is 2. The van der Waals surface area contributed by atoms with Crippen LogP contribution < -0.4 is 0 Å². The maximum absolute atomic E-state index is 12.4. The standard InChI is InChI=1S/C45H70N2.2C4H9.Pd/c1-9-16-23-35-30-39(31-36(24-17-10-2)42(35)28-21-14-6)44-34(8)41(27-20-13-5)45(47(44)46)40-32-37(25-18-11-3)43(29-22-15-7)38(33-40)26-19-12-4;2*1-3-4-2;/h30-33H,9-29H2,1-8H3;2*1,3-4H2,2H3;. The zero-order chi connectivity index (χ0) is 41.1. The first-order valence-corrected chi connectivity index (χ1v) is 26.2. The molecule has 1 aliphatic heterocycles. The van der Waals surface area contributed by atoms with E-state index in [-0.39, 0.29) is 0 Å². The first-order valence-electron chi connectivity index (χ1n) is 24.0.